The molecule has 1 heterocycles. The summed E-state index contributed by atoms with van der Waals surface area (Å²) in [6.45, 7) is 0. The minimum atomic E-state index is 1.06. The molecular formula is C24H22N3S+. The molecule has 0 aliphatic heterocycles. The summed E-state index contributed by atoms with van der Waals surface area (Å²) < 4.78 is 4.58. The summed E-state index contributed by atoms with van der Waals surface area (Å²) in [6, 6.07) is 22.1. The molecule has 0 N–H and O–H groups in total. The van der Waals surface area contributed by atoms with Crippen molar-refractivity contribution in [2.75, 3.05) is 33.1 Å². The molecule has 0 unspecified atom stereocenters. The smallest absolute Gasteiger partial charge is 0.200 e. The molecule has 0 aliphatic carbocycles. The van der Waals surface area contributed by atoms with Crippen LogP contribution in [0, 0.1) is 0 Å². The molecule has 0 bridgehead atoms. The highest BCUT2D eigenvalue weighted by Gasteiger charge is 2.07. The lowest BCUT2D eigenvalue weighted by atomic mass is 10.1. The molecule has 5 rings (SSSR count). The van der Waals surface area contributed by atoms with E-state index in [9.17, 15) is 0 Å². The average molecular weight is 385 g/mol. The summed E-state index contributed by atoms with van der Waals surface area (Å²) in [6.07, 6.45) is 0. The van der Waals surface area contributed by atoms with Crippen molar-refractivity contribution in [1.82, 2.24) is 9.56 Å². The summed E-state index contributed by atoms with van der Waals surface area (Å²) in [7, 11) is 8.31. The molecule has 138 valence electrons. The Bertz CT molecular complexity index is 1460. The van der Waals surface area contributed by atoms with E-state index in [1.807, 2.05) is 11.3 Å². The zero-order valence-corrected chi connectivity index (χ0v) is 17.3. The van der Waals surface area contributed by atoms with Crippen molar-refractivity contribution in [1.29, 1.82) is 0 Å². The van der Waals surface area contributed by atoms with Crippen molar-refractivity contribution in [3.8, 4) is 0 Å². The largest absolute Gasteiger partial charge is 0.378 e. The highest BCUT2D eigenvalue weighted by atomic mass is 32.1. The van der Waals surface area contributed by atoms with Crippen LogP contribution in [0.3, 0.4) is 0 Å². The van der Waals surface area contributed by atoms with E-state index >= 15 is 0 Å². The van der Waals surface area contributed by atoms with Crippen LogP contribution in [0.2, 0.25) is 0 Å². The molecule has 0 aliphatic rings. The van der Waals surface area contributed by atoms with Gasteiger partial charge in [0, 0.05) is 31.9 Å². The highest BCUT2D eigenvalue weighted by Crippen LogP contribution is 2.32. The Labute approximate surface area is 167 Å². The van der Waals surface area contributed by atoms with Gasteiger partial charge in [0.25, 0.3) is 0 Å². The fourth-order valence-corrected chi connectivity index (χ4v) is 4.67. The van der Waals surface area contributed by atoms with Crippen LogP contribution in [0.15, 0.2) is 60.7 Å². The van der Waals surface area contributed by atoms with Crippen LogP contribution >= 0.6 is 11.3 Å². The van der Waals surface area contributed by atoms with Crippen LogP contribution < -0.4 is 14.8 Å². The van der Waals surface area contributed by atoms with Crippen LogP contribution in [-0.2, 0) is 0 Å². The molecule has 0 saturated heterocycles. The third-order valence-corrected chi connectivity index (χ3v) is 6.39. The van der Waals surface area contributed by atoms with Gasteiger partial charge in [0.15, 0.2) is 5.36 Å². The quantitative estimate of drug-likeness (QED) is 0.304. The van der Waals surface area contributed by atoms with E-state index in [1.54, 1.807) is 0 Å². The van der Waals surface area contributed by atoms with Gasteiger partial charge in [-0.05, 0) is 64.0 Å². The van der Waals surface area contributed by atoms with Gasteiger partial charge in [-0.3, -0.25) is 0 Å². The normalized spacial score (nSPS) is 11.6. The second kappa shape index (κ2) is 6.28. The topological polar surface area (TPSA) is 19.1 Å². The first kappa shape index (κ1) is 17.1. The van der Waals surface area contributed by atoms with Crippen molar-refractivity contribution in [2.45, 2.75) is 0 Å². The maximum Gasteiger partial charge on any atom is 0.200 e. The molecular weight excluding hydrogens is 362 g/mol. The average Bonchev–Trinajstić information content (AvgIpc) is 2.68. The van der Waals surface area contributed by atoms with Crippen molar-refractivity contribution >= 4 is 59.0 Å². The molecule has 0 atom stereocenters. The standard InChI is InChI=1S/C24H22N3S/c1-26(2)19-7-5-15-11-21-23(13-17(15)9-19)28-24-14-18-10-20(27(3)4)8-6-16(18)12-22(24)25-21/h5-14H,1-4H3/q+1. The third kappa shape index (κ3) is 2.81. The van der Waals surface area contributed by atoms with Gasteiger partial charge in [-0.15, -0.1) is 11.3 Å². The lowest BCUT2D eigenvalue weighted by Crippen LogP contribution is -2.20. The number of rotatable bonds is 1. The Kier molecular flexibility index (Phi) is 3.84. The molecule has 0 saturated carbocycles. The molecule has 3 nitrogen and oxygen atoms in total. The first-order valence-corrected chi connectivity index (χ1v) is 10.2. The monoisotopic (exact) mass is 384 g/mol. The number of fused-ring (bicyclic) bond motifs is 4. The van der Waals surface area contributed by atoms with Crippen LogP contribution in [0.25, 0.3) is 42.0 Å². The Balaban J connectivity index is 1.80. The van der Waals surface area contributed by atoms with Gasteiger partial charge in [-0.2, -0.15) is 0 Å². The third-order valence-electron chi connectivity index (χ3n) is 5.30. The van der Waals surface area contributed by atoms with Crippen LogP contribution in [0.5, 0.6) is 0 Å². The van der Waals surface area contributed by atoms with Gasteiger partial charge in [0.2, 0.25) is 0 Å². The molecule has 0 fully saturated rings. The van der Waals surface area contributed by atoms with E-state index < -0.39 is 0 Å². The molecule has 4 heteroatoms. The Morgan fingerprint density at radius 2 is 1.32 bits per heavy atom. The highest BCUT2D eigenvalue weighted by molar-refractivity contribution is 7.24. The first-order valence-electron chi connectivity index (χ1n) is 9.38. The van der Waals surface area contributed by atoms with Crippen molar-refractivity contribution in [3.63, 3.8) is 0 Å². The van der Waals surface area contributed by atoms with Crippen molar-refractivity contribution < 1.29 is 0 Å². The molecule has 28 heavy (non-hydrogen) atoms. The number of benzene rings is 4. The first-order chi connectivity index (χ1) is 13.5. The fourth-order valence-electron chi connectivity index (χ4n) is 3.65. The van der Waals surface area contributed by atoms with Gasteiger partial charge in [-0.1, -0.05) is 6.07 Å². The predicted molar refractivity (Wildman–Crippen MR) is 124 cm³/mol. The molecule has 0 spiro atoms. The molecule has 1 aromatic heterocycles. The van der Waals surface area contributed by atoms with E-state index in [1.165, 1.54) is 42.0 Å². The lowest BCUT2D eigenvalue weighted by molar-refractivity contribution is 0.815. The second-order valence-electron chi connectivity index (χ2n) is 7.71. The number of aromatic nitrogens is 1. The lowest BCUT2D eigenvalue weighted by Gasteiger charge is -2.13. The van der Waals surface area contributed by atoms with Gasteiger partial charge in [0.05, 0.1) is 20.4 Å². The van der Waals surface area contributed by atoms with E-state index in [0.29, 0.717) is 0 Å². The summed E-state index contributed by atoms with van der Waals surface area (Å²) in [5, 5.41) is 6.19. The Morgan fingerprint density at radius 3 is 1.93 bits per heavy atom. The van der Waals surface area contributed by atoms with Crippen LogP contribution in [-0.4, -0.2) is 33.2 Å². The maximum absolute atomic E-state index is 4.98. The molecule has 0 amide bonds. The minimum absolute atomic E-state index is 1.06. The molecule has 5 aromatic rings. The summed E-state index contributed by atoms with van der Waals surface area (Å²) >= 11 is 1.82. The van der Waals surface area contributed by atoms with Crippen LogP contribution in [0.1, 0.15) is 0 Å². The summed E-state index contributed by atoms with van der Waals surface area (Å²) in [5.41, 5.74) is 3.34. The van der Waals surface area contributed by atoms with E-state index in [4.69, 9.17) is 4.98 Å². The second-order valence-corrected chi connectivity index (χ2v) is 8.79. The fraction of sp³-hybridized carbons (Fsp3) is 0.167. The minimum Gasteiger partial charge on any atom is -0.378 e. The predicted octanol–water partition coefficient (Wildman–Crippen LogP) is 4.85. The number of hydrogen-bond acceptors (Lipinski definition) is 3. The SMILES string of the molecule is CN(C)c1ccc2cc3nc4cc5ccc(=[N+](C)C)cc5cc4sc3cc2c1. The van der Waals surface area contributed by atoms with Gasteiger partial charge < -0.3 is 4.90 Å². The summed E-state index contributed by atoms with van der Waals surface area (Å²) in [5.74, 6) is 0. The number of hydrogen-bond donors (Lipinski definition) is 0. The van der Waals surface area contributed by atoms with Crippen molar-refractivity contribution in [2.24, 2.45) is 0 Å². The Morgan fingerprint density at radius 1 is 0.714 bits per heavy atom. The summed E-state index contributed by atoms with van der Waals surface area (Å²) in [4.78, 5) is 7.12. The van der Waals surface area contributed by atoms with Crippen LogP contribution in [0.4, 0.5) is 5.69 Å². The van der Waals surface area contributed by atoms with E-state index in [0.717, 1.165) is 11.0 Å². The number of anilines is 1. The molecule has 4 aromatic carbocycles. The zero-order valence-electron chi connectivity index (χ0n) is 16.5. The maximum atomic E-state index is 4.98. The molecule has 0 radical (unpaired) electrons. The number of nitrogens with zero attached hydrogens (tertiary/aromatic N) is 3. The van der Waals surface area contributed by atoms with Gasteiger partial charge in [-0.25, -0.2) is 9.56 Å². The van der Waals surface area contributed by atoms with Gasteiger partial charge >= 0.3 is 0 Å². The van der Waals surface area contributed by atoms with E-state index in [-0.39, 0.29) is 0 Å². The van der Waals surface area contributed by atoms with Gasteiger partial charge in [0.1, 0.15) is 14.1 Å². The Hall–Kier alpha value is -2.98. The van der Waals surface area contributed by atoms with E-state index in [2.05, 4.69) is 98.3 Å². The van der Waals surface area contributed by atoms with Crippen molar-refractivity contribution in [3.05, 3.63) is 66.0 Å². The zero-order chi connectivity index (χ0) is 19.4.